The molecular weight excluding hydrogens is 328 g/mol. The van der Waals surface area contributed by atoms with E-state index in [4.69, 9.17) is 0 Å². The molecule has 1 aliphatic heterocycles. The Labute approximate surface area is 157 Å². The van der Waals surface area contributed by atoms with E-state index < -0.39 is 0 Å². The number of hydrogen-bond acceptors (Lipinski definition) is 8. The van der Waals surface area contributed by atoms with Crippen molar-refractivity contribution >= 4 is 37.3 Å². The van der Waals surface area contributed by atoms with Gasteiger partial charge < -0.3 is 5.32 Å². The molecule has 1 heterocycles. The fourth-order valence-electron chi connectivity index (χ4n) is 2.11. The standard InChI is InChI=1S/C18H32N8/c1-2-19-3-4-23-13-16-26-17-14-24-11-9-21-7-5-20-6-8-22-10-12-25-15-18-26/h3-4,9-12,20H,2,5-8,13-18H2,1H3. The van der Waals surface area contributed by atoms with Crippen molar-refractivity contribution in [2.75, 3.05) is 72.0 Å². The lowest BCUT2D eigenvalue weighted by atomic mass is 10.4. The highest BCUT2D eigenvalue weighted by Crippen LogP contribution is 1.90. The minimum atomic E-state index is 0.746. The maximum Gasteiger partial charge on any atom is 0.0517 e. The second-order valence-corrected chi connectivity index (χ2v) is 5.52. The van der Waals surface area contributed by atoms with Gasteiger partial charge in [-0.15, -0.1) is 0 Å². The molecule has 26 heavy (non-hydrogen) atoms. The highest BCUT2D eigenvalue weighted by atomic mass is 15.1. The summed E-state index contributed by atoms with van der Waals surface area (Å²) in [6, 6.07) is 0. The summed E-state index contributed by atoms with van der Waals surface area (Å²) in [6.07, 6.45) is 10.6. The highest BCUT2D eigenvalue weighted by molar-refractivity contribution is 6.16. The Morgan fingerprint density at radius 1 is 0.846 bits per heavy atom. The summed E-state index contributed by atoms with van der Waals surface area (Å²) in [5.41, 5.74) is 0. The predicted octanol–water partition coefficient (Wildman–Crippen LogP) is 0.336. The van der Waals surface area contributed by atoms with Crippen LogP contribution in [-0.2, 0) is 0 Å². The second-order valence-electron chi connectivity index (χ2n) is 5.52. The average Bonchev–Trinajstić information content (AvgIpc) is 2.65. The zero-order chi connectivity index (χ0) is 18.5. The van der Waals surface area contributed by atoms with E-state index in [2.05, 4.69) is 40.2 Å². The molecule has 0 saturated carbocycles. The molecule has 0 aromatic rings. The minimum absolute atomic E-state index is 0.746. The van der Waals surface area contributed by atoms with E-state index in [0.717, 1.165) is 72.0 Å². The summed E-state index contributed by atoms with van der Waals surface area (Å²) in [4.78, 5) is 28.2. The topological polar surface area (TPSA) is 89.4 Å². The normalized spacial score (nSPS) is 19.3. The molecule has 8 nitrogen and oxygen atoms in total. The summed E-state index contributed by atoms with van der Waals surface area (Å²) < 4.78 is 0. The van der Waals surface area contributed by atoms with Crippen molar-refractivity contribution < 1.29 is 0 Å². The fraction of sp³-hybridized carbons (Fsp3) is 0.667. The van der Waals surface area contributed by atoms with Crippen LogP contribution in [-0.4, -0.2) is 114 Å². The Morgan fingerprint density at radius 3 is 1.96 bits per heavy atom. The molecule has 0 radical (unpaired) electrons. The molecular formula is C18H32N8. The minimum Gasteiger partial charge on any atom is -0.313 e. The molecule has 8 heteroatoms. The van der Waals surface area contributed by atoms with Gasteiger partial charge in [0.05, 0.1) is 32.7 Å². The van der Waals surface area contributed by atoms with E-state index in [1.54, 1.807) is 37.3 Å². The van der Waals surface area contributed by atoms with Gasteiger partial charge in [0.15, 0.2) is 0 Å². The SMILES string of the molecule is CCN=CC=NCCN1CCN=CC=NCCNCCN=CC=NCC1. The summed E-state index contributed by atoms with van der Waals surface area (Å²) in [5.74, 6) is 0. The van der Waals surface area contributed by atoms with Crippen LogP contribution in [0.2, 0.25) is 0 Å². The Morgan fingerprint density at radius 2 is 1.38 bits per heavy atom. The monoisotopic (exact) mass is 360 g/mol. The van der Waals surface area contributed by atoms with E-state index in [1.807, 2.05) is 6.92 Å². The number of nitrogens with zero attached hydrogens (tertiary/aromatic N) is 7. The average molecular weight is 361 g/mol. The van der Waals surface area contributed by atoms with Gasteiger partial charge in [0.25, 0.3) is 0 Å². The quantitative estimate of drug-likeness (QED) is 0.716. The maximum atomic E-state index is 4.40. The highest BCUT2D eigenvalue weighted by Gasteiger charge is 2.02. The molecule has 0 bridgehead atoms. The molecule has 0 atom stereocenters. The van der Waals surface area contributed by atoms with Crippen LogP contribution in [0, 0.1) is 0 Å². The molecule has 0 aliphatic carbocycles. The molecule has 144 valence electrons. The molecule has 0 aromatic heterocycles. The maximum absolute atomic E-state index is 4.40. The Hall–Kier alpha value is -2.06. The van der Waals surface area contributed by atoms with E-state index in [0.29, 0.717) is 0 Å². The van der Waals surface area contributed by atoms with E-state index in [-0.39, 0.29) is 0 Å². The lowest BCUT2D eigenvalue weighted by Crippen LogP contribution is -2.31. The first-order valence-corrected chi connectivity index (χ1v) is 9.31. The van der Waals surface area contributed by atoms with E-state index in [9.17, 15) is 0 Å². The van der Waals surface area contributed by atoms with Crippen LogP contribution in [0.4, 0.5) is 0 Å². The van der Waals surface area contributed by atoms with Crippen LogP contribution in [0.5, 0.6) is 0 Å². The van der Waals surface area contributed by atoms with Gasteiger partial charge >= 0.3 is 0 Å². The summed E-state index contributed by atoms with van der Waals surface area (Å²) in [5, 5.41) is 3.29. The van der Waals surface area contributed by atoms with Gasteiger partial charge in [0, 0.05) is 76.6 Å². The fourth-order valence-corrected chi connectivity index (χ4v) is 2.11. The van der Waals surface area contributed by atoms with Gasteiger partial charge in [-0.1, -0.05) is 0 Å². The van der Waals surface area contributed by atoms with Gasteiger partial charge in [-0.2, -0.15) is 0 Å². The number of hydrogen-bond donors (Lipinski definition) is 1. The van der Waals surface area contributed by atoms with Crippen LogP contribution in [0.15, 0.2) is 30.0 Å². The van der Waals surface area contributed by atoms with Crippen LogP contribution in [0.3, 0.4) is 0 Å². The summed E-state index contributed by atoms with van der Waals surface area (Å²) >= 11 is 0. The van der Waals surface area contributed by atoms with Crippen LogP contribution in [0.1, 0.15) is 6.92 Å². The first kappa shape index (κ1) is 22.0. The predicted molar refractivity (Wildman–Crippen MR) is 115 cm³/mol. The van der Waals surface area contributed by atoms with Crippen molar-refractivity contribution in [1.29, 1.82) is 0 Å². The third-order valence-corrected chi connectivity index (χ3v) is 3.49. The van der Waals surface area contributed by atoms with Gasteiger partial charge in [0.1, 0.15) is 0 Å². The second kappa shape index (κ2) is 17.8. The largest absolute Gasteiger partial charge is 0.313 e. The molecule has 0 aromatic carbocycles. The molecule has 0 spiro atoms. The van der Waals surface area contributed by atoms with Crippen molar-refractivity contribution in [2.24, 2.45) is 30.0 Å². The molecule has 0 unspecified atom stereocenters. The lowest BCUT2D eigenvalue weighted by molar-refractivity contribution is 0.298. The Bertz CT molecular complexity index is 463. The zero-order valence-electron chi connectivity index (χ0n) is 15.9. The first-order chi connectivity index (χ1) is 12.9. The first-order valence-electron chi connectivity index (χ1n) is 9.31. The smallest absolute Gasteiger partial charge is 0.0517 e. The van der Waals surface area contributed by atoms with Crippen molar-refractivity contribution in [1.82, 2.24) is 10.2 Å². The molecule has 1 N–H and O–H groups in total. The lowest BCUT2D eigenvalue weighted by Gasteiger charge is -2.19. The van der Waals surface area contributed by atoms with Gasteiger partial charge in [-0.05, 0) is 6.92 Å². The third-order valence-electron chi connectivity index (χ3n) is 3.49. The van der Waals surface area contributed by atoms with Crippen LogP contribution >= 0.6 is 0 Å². The Kier molecular flexibility index (Phi) is 15.0. The number of aliphatic imine (C=N–C) groups is 6. The van der Waals surface area contributed by atoms with Crippen LogP contribution < -0.4 is 5.32 Å². The molecule has 0 fully saturated rings. The number of nitrogens with one attached hydrogen (secondary N) is 1. The molecule has 0 saturated heterocycles. The zero-order valence-corrected chi connectivity index (χ0v) is 15.9. The van der Waals surface area contributed by atoms with E-state index in [1.165, 1.54) is 0 Å². The molecule has 1 aliphatic rings. The Balaban J connectivity index is 2.46. The summed E-state index contributed by atoms with van der Waals surface area (Å²) in [6.45, 7) is 10.9. The van der Waals surface area contributed by atoms with E-state index >= 15 is 0 Å². The van der Waals surface area contributed by atoms with Crippen molar-refractivity contribution in [3.8, 4) is 0 Å². The van der Waals surface area contributed by atoms with Crippen molar-refractivity contribution in [3.63, 3.8) is 0 Å². The van der Waals surface area contributed by atoms with Gasteiger partial charge in [0.2, 0.25) is 0 Å². The summed E-state index contributed by atoms with van der Waals surface area (Å²) in [7, 11) is 0. The van der Waals surface area contributed by atoms with Gasteiger partial charge in [-0.3, -0.25) is 34.9 Å². The third kappa shape index (κ3) is 14.3. The molecule has 1 rings (SSSR count). The van der Waals surface area contributed by atoms with Crippen molar-refractivity contribution in [3.05, 3.63) is 0 Å². The molecule has 0 amide bonds. The van der Waals surface area contributed by atoms with Crippen LogP contribution in [0.25, 0.3) is 0 Å². The van der Waals surface area contributed by atoms with Crippen molar-refractivity contribution in [2.45, 2.75) is 6.92 Å². The number of rotatable bonds is 5. The van der Waals surface area contributed by atoms with Gasteiger partial charge in [-0.25, -0.2) is 0 Å².